The molecule has 1 aromatic carbocycles. The number of carbonyl (C=O) groups is 1. The predicted octanol–water partition coefficient (Wildman–Crippen LogP) is 3.40. The number of nitrogens with one attached hydrogen (secondary N) is 1. The zero-order chi connectivity index (χ0) is 21.5. The molecule has 2 aliphatic heterocycles. The Morgan fingerprint density at radius 3 is 2.60 bits per heavy atom. The summed E-state index contributed by atoms with van der Waals surface area (Å²) in [6.07, 6.45) is 4.77. The third-order valence-electron chi connectivity index (χ3n) is 6.02. The molecule has 1 unspecified atom stereocenters. The van der Waals surface area contributed by atoms with Gasteiger partial charge in [-0.05, 0) is 44.5 Å². The van der Waals surface area contributed by atoms with Gasteiger partial charge in [-0.1, -0.05) is 6.92 Å². The van der Waals surface area contributed by atoms with Crippen molar-refractivity contribution in [3.8, 4) is 0 Å². The Balaban J connectivity index is 1.58. The van der Waals surface area contributed by atoms with Crippen molar-refractivity contribution in [2.45, 2.75) is 29.7 Å². The van der Waals surface area contributed by atoms with Crippen molar-refractivity contribution in [1.29, 1.82) is 0 Å². The normalized spacial score (nSPS) is 25.6. The first kappa shape index (κ1) is 21.6. The minimum Gasteiger partial charge on any atom is -0.367 e. The molecule has 0 radical (unpaired) electrons. The van der Waals surface area contributed by atoms with Crippen LogP contribution in [-0.4, -0.2) is 60.0 Å². The monoisotopic (exact) mass is 529 g/mol. The Labute approximate surface area is 188 Å². The van der Waals surface area contributed by atoms with E-state index < -0.39 is 3.93 Å². The summed E-state index contributed by atoms with van der Waals surface area (Å²) < 4.78 is 25.1. The van der Waals surface area contributed by atoms with Gasteiger partial charge in [-0.2, -0.15) is 8.78 Å². The summed E-state index contributed by atoms with van der Waals surface area (Å²) in [6.45, 7) is 5.30. The maximum atomic E-state index is 14.1. The summed E-state index contributed by atoms with van der Waals surface area (Å²) in [4.78, 5) is 25.6. The Kier molecular flexibility index (Phi) is 6.11. The van der Waals surface area contributed by atoms with Gasteiger partial charge < -0.3 is 15.1 Å². The highest BCUT2D eigenvalue weighted by atomic mass is 127. The van der Waals surface area contributed by atoms with Crippen LogP contribution in [0.15, 0.2) is 24.5 Å². The van der Waals surface area contributed by atoms with E-state index in [1.165, 1.54) is 18.5 Å². The molecular formula is C21H26F2IN5O. The molecule has 6 nitrogen and oxygen atoms in total. The van der Waals surface area contributed by atoms with E-state index in [1.807, 2.05) is 7.05 Å². The zero-order valence-corrected chi connectivity index (χ0v) is 19.3. The average Bonchev–Trinajstić information content (AvgIpc) is 3.12. The minimum absolute atomic E-state index is 0.0181. The molecule has 4 rings (SSSR count). The number of piperidine rings is 1. The summed E-state index contributed by atoms with van der Waals surface area (Å²) in [7, 11) is 2.03. The van der Waals surface area contributed by atoms with E-state index in [-0.39, 0.29) is 28.9 Å². The van der Waals surface area contributed by atoms with E-state index in [1.54, 1.807) is 6.07 Å². The first-order chi connectivity index (χ1) is 14.2. The summed E-state index contributed by atoms with van der Waals surface area (Å²) in [5.74, 6) is 0.508. The number of likely N-dealkylation sites (tertiary alicyclic amines) is 1. The maximum absolute atomic E-state index is 14.1. The molecule has 2 saturated heterocycles. The van der Waals surface area contributed by atoms with E-state index in [0.717, 1.165) is 60.8 Å². The Bertz CT molecular complexity index is 937. The molecule has 2 aliphatic rings. The lowest BCUT2D eigenvalue weighted by Crippen LogP contribution is -2.52. The van der Waals surface area contributed by atoms with E-state index >= 15 is 0 Å². The van der Waals surface area contributed by atoms with Gasteiger partial charge in [0.1, 0.15) is 11.0 Å². The lowest BCUT2D eigenvalue weighted by atomic mass is 9.94. The molecular weight excluding hydrogens is 503 g/mol. The molecule has 2 fully saturated rings. The topological polar surface area (TPSA) is 61.4 Å². The van der Waals surface area contributed by atoms with Gasteiger partial charge in [0.05, 0.1) is 17.2 Å². The Morgan fingerprint density at radius 1 is 1.20 bits per heavy atom. The van der Waals surface area contributed by atoms with Crippen molar-refractivity contribution in [2.75, 3.05) is 38.1 Å². The highest BCUT2D eigenvalue weighted by molar-refractivity contribution is 14.1. The number of alkyl halides is 3. The molecule has 9 heteroatoms. The predicted molar refractivity (Wildman–Crippen MR) is 121 cm³/mol. The number of hydrogen-bond donors (Lipinski definition) is 1. The SMILES string of the molecule is C[C@H]1C[C@@H](NC(=O)C2CCN(C)C2)CN(c2ccc(C(F)(F)I)c3nccnc23)C1. The van der Waals surface area contributed by atoms with E-state index in [4.69, 9.17) is 0 Å². The number of halogens is 3. The number of benzene rings is 1. The van der Waals surface area contributed by atoms with Crippen LogP contribution in [0, 0.1) is 11.8 Å². The summed E-state index contributed by atoms with van der Waals surface area (Å²) in [5, 5.41) is 3.23. The van der Waals surface area contributed by atoms with Crippen LogP contribution in [0.3, 0.4) is 0 Å². The zero-order valence-electron chi connectivity index (χ0n) is 17.1. The molecule has 3 heterocycles. The second-order valence-corrected chi connectivity index (χ2v) is 9.94. The van der Waals surface area contributed by atoms with Gasteiger partial charge in [0.25, 0.3) is 0 Å². The van der Waals surface area contributed by atoms with Crippen LogP contribution < -0.4 is 10.2 Å². The molecule has 1 N–H and O–H groups in total. The van der Waals surface area contributed by atoms with Crippen molar-refractivity contribution in [1.82, 2.24) is 20.2 Å². The standard InChI is InChI=1S/C21H26F2IN5O/c1-13-9-15(27-20(30)14-5-8-28(2)11-14)12-29(10-13)17-4-3-16(21(22,23)24)18-19(17)26-7-6-25-18/h3-4,6-7,13-15H,5,8-12H2,1-2H3,(H,27,30)/t13-,14?,15+/m0/s1. The molecule has 0 spiro atoms. The largest absolute Gasteiger partial charge is 0.367 e. The smallest absolute Gasteiger partial charge is 0.323 e. The van der Waals surface area contributed by atoms with Crippen LogP contribution in [0.2, 0.25) is 0 Å². The molecule has 1 aromatic heterocycles. The molecule has 3 atom stereocenters. The second-order valence-electron chi connectivity index (χ2n) is 8.58. The summed E-state index contributed by atoms with van der Waals surface area (Å²) >= 11 is 1.13. The van der Waals surface area contributed by atoms with Crippen molar-refractivity contribution in [3.05, 3.63) is 30.1 Å². The molecule has 1 amide bonds. The van der Waals surface area contributed by atoms with Crippen molar-refractivity contribution in [3.63, 3.8) is 0 Å². The molecule has 0 aliphatic carbocycles. The third kappa shape index (κ3) is 4.51. The van der Waals surface area contributed by atoms with Crippen LogP contribution in [0.25, 0.3) is 11.0 Å². The van der Waals surface area contributed by atoms with Crippen LogP contribution in [0.1, 0.15) is 25.3 Å². The quantitative estimate of drug-likeness (QED) is 0.486. The van der Waals surface area contributed by atoms with Gasteiger partial charge in [-0.3, -0.25) is 14.8 Å². The molecule has 0 bridgehead atoms. The Morgan fingerprint density at radius 2 is 1.93 bits per heavy atom. The highest BCUT2D eigenvalue weighted by Crippen LogP contribution is 2.41. The fraction of sp³-hybridized carbons (Fsp3) is 0.571. The van der Waals surface area contributed by atoms with Crippen molar-refractivity contribution < 1.29 is 13.6 Å². The minimum atomic E-state index is -3.02. The summed E-state index contributed by atoms with van der Waals surface area (Å²) in [5.41, 5.74) is 1.36. The molecule has 0 saturated carbocycles. The first-order valence-corrected chi connectivity index (χ1v) is 11.3. The summed E-state index contributed by atoms with van der Waals surface area (Å²) in [6, 6.07) is 3.17. The van der Waals surface area contributed by atoms with Gasteiger partial charge >= 0.3 is 3.93 Å². The lowest BCUT2D eigenvalue weighted by Gasteiger charge is -2.39. The number of nitrogens with zero attached hydrogens (tertiary/aromatic N) is 4. The Hall–Kier alpha value is -1.62. The fourth-order valence-corrected chi connectivity index (χ4v) is 5.08. The maximum Gasteiger partial charge on any atom is 0.323 e. The van der Waals surface area contributed by atoms with Crippen LogP contribution in [-0.2, 0) is 8.72 Å². The van der Waals surface area contributed by atoms with Crippen LogP contribution in [0.5, 0.6) is 0 Å². The van der Waals surface area contributed by atoms with Gasteiger partial charge in [0.15, 0.2) is 0 Å². The highest BCUT2D eigenvalue weighted by Gasteiger charge is 2.34. The van der Waals surface area contributed by atoms with Gasteiger partial charge in [0.2, 0.25) is 5.91 Å². The second kappa shape index (κ2) is 8.49. The van der Waals surface area contributed by atoms with Crippen LogP contribution >= 0.6 is 22.6 Å². The number of carbonyl (C=O) groups excluding carboxylic acids is 1. The first-order valence-electron chi connectivity index (χ1n) is 10.3. The third-order valence-corrected chi connectivity index (χ3v) is 6.60. The molecule has 2 aromatic rings. The van der Waals surface area contributed by atoms with E-state index in [0.29, 0.717) is 18.0 Å². The lowest BCUT2D eigenvalue weighted by molar-refractivity contribution is -0.125. The number of rotatable bonds is 4. The fourth-order valence-electron chi connectivity index (χ4n) is 4.65. The number of anilines is 1. The van der Waals surface area contributed by atoms with Gasteiger partial charge in [-0.15, -0.1) is 0 Å². The van der Waals surface area contributed by atoms with Crippen molar-refractivity contribution >= 4 is 45.2 Å². The van der Waals surface area contributed by atoms with E-state index in [2.05, 4.69) is 32.0 Å². The number of fused-ring (bicyclic) bond motifs is 1. The van der Waals surface area contributed by atoms with Crippen molar-refractivity contribution in [2.24, 2.45) is 11.8 Å². The molecule has 162 valence electrons. The van der Waals surface area contributed by atoms with Gasteiger partial charge in [0, 0.05) is 60.7 Å². The van der Waals surface area contributed by atoms with Gasteiger partial charge in [-0.25, -0.2) is 0 Å². The molecule has 30 heavy (non-hydrogen) atoms. The van der Waals surface area contributed by atoms with Crippen LogP contribution in [0.4, 0.5) is 14.5 Å². The number of aromatic nitrogens is 2. The number of hydrogen-bond acceptors (Lipinski definition) is 5. The average molecular weight is 529 g/mol. The van der Waals surface area contributed by atoms with E-state index in [9.17, 15) is 13.6 Å². The number of amides is 1.